The zero-order valence-electron chi connectivity index (χ0n) is 12.6. The number of benzene rings is 1. The van der Waals surface area contributed by atoms with Crippen LogP contribution in [0.3, 0.4) is 0 Å². The van der Waals surface area contributed by atoms with Crippen molar-refractivity contribution < 1.29 is 9.53 Å². The minimum absolute atomic E-state index is 0.0469. The Labute approximate surface area is 126 Å². The summed E-state index contributed by atoms with van der Waals surface area (Å²) in [6.07, 6.45) is 5.14. The van der Waals surface area contributed by atoms with E-state index in [2.05, 4.69) is 10.6 Å². The van der Waals surface area contributed by atoms with Gasteiger partial charge >= 0.3 is 0 Å². The molecule has 3 rings (SSSR count). The van der Waals surface area contributed by atoms with Crippen molar-refractivity contribution in [2.45, 2.75) is 38.7 Å². The first-order chi connectivity index (χ1) is 10.2. The van der Waals surface area contributed by atoms with Crippen LogP contribution in [-0.4, -0.2) is 25.1 Å². The fourth-order valence-corrected chi connectivity index (χ4v) is 2.98. The van der Waals surface area contributed by atoms with Crippen molar-refractivity contribution in [1.29, 1.82) is 0 Å². The lowest BCUT2D eigenvalue weighted by molar-refractivity contribution is -0.121. The molecule has 0 radical (unpaired) electrons. The van der Waals surface area contributed by atoms with Gasteiger partial charge < -0.3 is 15.4 Å². The number of carbonyl (C=O) groups is 1. The first-order valence-corrected chi connectivity index (χ1v) is 8.00. The summed E-state index contributed by atoms with van der Waals surface area (Å²) >= 11 is 0. The predicted molar refractivity (Wildman–Crippen MR) is 83.5 cm³/mol. The van der Waals surface area contributed by atoms with Crippen molar-refractivity contribution in [3.63, 3.8) is 0 Å². The molecule has 114 valence electrons. The van der Waals surface area contributed by atoms with Crippen LogP contribution < -0.4 is 15.4 Å². The van der Waals surface area contributed by atoms with Crippen molar-refractivity contribution in [2.75, 3.05) is 18.4 Å². The van der Waals surface area contributed by atoms with E-state index in [1.165, 1.54) is 12.8 Å². The van der Waals surface area contributed by atoms with Crippen LogP contribution in [0, 0.1) is 11.8 Å². The van der Waals surface area contributed by atoms with Crippen LogP contribution in [0.2, 0.25) is 0 Å². The van der Waals surface area contributed by atoms with Gasteiger partial charge in [-0.1, -0.05) is 13.0 Å². The van der Waals surface area contributed by atoms with Gasteiger partial charge in [0.2, 0.25) is 5.91 Å². The second-order valence-electron chi connectivity index (χ2n) is 6.25. The molecule has 1 atom stereocenters. The number of nitrogens with one attached hydrogen (secondary N) is 2. The van der Waals surface area contributed by atoms with E-state index in [0.29, 0.717) is 12.0 Å². The van der Waals surface area contributed by atoms with Crippen LogP contribution in [0.1, 0.15) is 32.6 Å². The highest BCUT2D eigenvalue weighted by molar-refractivity contribution is 5.92. The number of anilines is 1. The lowest BCUT2D eigenvalue weighted by Gasteiger charge is -2.31. The Bertz CT molecular complexity index is 493. The van der Waals surface area contributed by atoms with Gasteiger partial charge in [0, 0.05) is 17.7 Å². The Hall–Kier alpha value is -1.55. The third kappa shape index (κ3) is 3.56. The molecule has 21 heavy (non-hydrogen) atoms. The quantitative estimate of drug-likeness (QED) is 0.876. The fraction of sp³-hybridized carbons (Fsp3) is 0.588. The van der Waals surface area contributed by atoms with Gasteiger partial charge in [-0.05, 0) is 56.8 Å². The maximum absolute atomic E-state index is 12.2. The molecule has 1 aliphatic heterocycles. The molecule has 0 bridgehead atoms. The fourth-order valence-electron chi connectivity index (χ4n) is 2.98. The molecule has 2 aliphatic rings. The van der Waals surface area contributed by atoms with Crippen LogP contribution in [0.25, 0.3) is 0 Å². The molecule has 1 saturated heterocycles. The molecule has 0 spiro atoms. The van der Waals surface area contributed by atoms with Crippen LogP contribution in [-0.2, 0) is 4.79 Å². The molecule has 1 heterocycles. The monoisotopic (exact) mass is 288 g/mol. The zero-order chi connectivity index (χ0) is 14.7. The molecular formula is C17H24N2O2. The highest BCUT2D eigenvalue weighted by Gasteiger charge is 2.28. The second kappa shape index (κ2) is 6.48. The average Bonchev–Trinajstić information content (AvgIpc) is 2.90. The van der Waals surface area contributed by atoms with Gasteiger partial charge in [-0.25, -0.2) is 0 Å². The Morgan fingerprint density at radius 3 is 2.76 bits per heavy atom. The SMILES string of the molecule is CC(C(=O)Nc1cccc(OC2CCCC2)c1)C1CNC1. The van der Waals surface area contributed by atoms with Crippen molar-refractivity contribution in [3.8, 4) is 5.75 Å². The molecule has 1 amide bonds. The summed E-state index contributed by atoms with van der Waals surface area (Å²) in [5.74, 6) is 1.46. The van der Waals surface area contributed by atoms with Crippen molar-refractivity contribution in [1.82, 2.24) is 5.32 Å². The first-order valence-electron chi connectivity index (χ1n) is 8.00. The first kappa shape index (κ1) is 14.4. The number of amides is 1. The molecule has 4 nitrogen and oxygen atoms in total. The molecule has 1 saturated carbocycles. The molecule has 0 aromatic heterocycles. The molecule has 2 fully saturated rings. The van der Waals surface area contributed by atoms with Crippen LogP contribution in [0.15, 0.2) is 24.3 Å². The number of carbonyl (C=O) groups excluding carboxylic acids is 1. The van der Waals surface area contributed by atoms with Gasteiger partial charge in [0.1, 0.15) is 5.75 Å². The molecular weight excluding hydrogens is 264 g/mol. The number of ether oxygens (including phenoxy) is 1. The minimum atomic E-state index is 0.0469. The highest BCUT2D eigenvalue weighted by atomic mass is 16.5. The van der Waals surface area contributed by atoms with Crippen LogP contribution >= 0.6 is 0 Å². The Morgan fingerprint density at radius 2 is 2.10 bits per heavy atom. The molecule has 4 heteroatoms. The van der Waals surface area contributed by atoms with E-state index in [-0.39, 0.29) is 11.8 Å². The van der Waals surface area contributed by atoms with Gasteiger partial charge in [0.25, 0.3) is 0 Å². The normalized spacial score (nSPS) is 20.8. The van der Waals surface area contributed by atoms with Gasteiger partial charge in [0.15, 0.2) is 0 Å². The van der Waals surface area contributed by atoms with E-state index in [1.54, 1.807) is 0 Å². The topological polar surface area (TPSA) is 50.4 Å². The summed E-state index contributed by atoms with van der Waals surface area (Å²) in [5.41, 5.74) is 0.828. The lowest BCUT2D eigenvalue weighted by atomic mass is 9.88. The minimum Gasteiger partial charge on any atom is -0.490 e. The molecule has 1 unspecified atom stereocenters. The standard InChI is InChI=1S/C17H24N2O2/c1-12(13-10-18-11-13)17(20)19-14-5-4-8-16(9-14)21-15-6-2-3-7-15/h4-5,8-9,12-13,15,18H,2-3,6-7,10-11H2,1H3,(H,19,20). The van der Waals surface area contributed by atoms with Crippen molar-refractivity contribution in [2.24, 2.45) is 11.8 Å². The van der Waals surface area contributed by atoms with E-state index in [1.807, 2.05) is 31.2 Å². The third-order valence-corrected chi connectivity index (χ3v) is 4.64. The predicted octanol–water partition coefficient (Wildman–Crippen LogP) is 2.80. The summed E-state index contributed by atoms with van der Waals surface area (Å²) in [7, 11) is 0. The number of hydrogen-bond donors (Lipinski definition) is 2. The highest BCUT2D eigenvalue weighted by Crippen LogP contribution is 2.26. The van der Waals surface area contributed by atoms with E-state index >= 15 is 0 Å². The third-order valence-electron chi connectivity index (χ3n) is 4.64. The van der Waals surface area contributed by atoms with Gasteiger partial charge in [0.05, 0.1) is 6.10 Å². The summed E-state index contributed by atoms with van der Waals surface area (Å²) in [6.45, 7) is 3.89. The number of rotatable bonds is 5. The lowest BCUT2D eigenvalue weighted by Crippen LogP contribution is -2.48. The van der Waals surface area contributed by atoms with E-state index in [9.17, 15) is 4.79 Å². The molecule has 1 aromatic carbocycles. The summed E-state index contributed by atoms with van der Waals surface area (Å²) < 4.78 is 5.98. The van der Waals surface area contributed by atoms with Crippen LogP contribution in [0.5, 0.6) is 5.75 Å². The maximum Gasteiger partial charge on any atom is 0.227 e. The largest absolute Gasteiger partial charge is 0.490 e. The van der Waals surface area contributed by atoms with Gasteiger partial charge in [-0.2, -0.15) is 0 Å². The molecule has 2 N–H and O–H groups in total. The second-order valence-corrected chi connectivity index (χ2v) is 6.25. The Morgan fingerprint density at radius 1 is 1.33 bits per heavy atom. The summed E-state index contributed by atoms with van der Waals surface area (Å²) in [5, 5.41) is 6.22. The molecule has 1 aliphatic carbocycles. The van der Waals surface area contributed by atoms with Crippen molar-refractivity contribution in [3.05, 3.63) is 24.3 Å². The summed E-state index contributed by atoms with van der Waals surface area (Å²) in [6, 6.07) is 7.76. The van der Waals surface area contributed by atoms with E-state index in [0.717, 1.165) is 37.4 Å². The summed E-state index contributed by atoms with van der Waals surface area (Å²) in [4.78, 5) is 12.2. The Kier molecular flexibility index (Phi) is 4.44. The number of hydrogen-bond acceptors (Lipinski definition) is 3. The van der Waals surface area contributed by atoms with Crippen LogP contribution in [0.4, 0.5) is 5.69 Å². The van der Waals surface area contributed by atoms with Crippen molar-refractivity contribution >= 4 is 11.6 Å². The maximum atomic E-state index is 12.2. The van der Waals surface area contributed by atoms with E-state index < -0.39 is 0 Å². The van der Waals surface area contributed by atoms with Gasteiger partial charge in [-0.3, -0.25) is 4.79 Å². The average molecular weight is 288 g/mol. The smallest absolute Gasteiger partial charge is 0.227 e. The van der Waals surface area contributed by atoms with E-state index in [4.69, 9.17) is 4.74 Å². The zero-order valence-corrected chi connectivity index (χ0v) is 12.6. The Balaban J connectivity index is 1.58. The molecule has 1 aromatic rings. The van der Waals surface area contributed by atoms with Gasteiger partial charge in [-0.15, -0.1) is 0 Å².